The van der Waals surface area contributed by atoms with Crippen LogP contribution in [0.1, 0.15) is 29.5 Å². The molecule has 0 spiro atoms. The van der Waals surface area contributed by atoms with E-state index in [1.54, 1.807) is 19.1 Å². The fourth-order valence-corrected chi connectivity index (χ4v) is 4.62. The number of likely N-dealkylation sites (tertiary alicyclic amines) is 1. The third-order valence-electron chi connectivity index (χ3n) is 5.48. The summed E-state index contributed by atoms with van der Waals surface area (Å²) in [5.74, 6) is -0.897. The predicted molar refractivity (Wildman–Crippen MR) is 123 cm³/mol. The molecular formula is C23H29N3O6S. The van der Waals surface area contributed by atoms with Gasteiger partial charge in [-0.2, -0.15) is 0 Å². The number of hydrogen-bond donors (Lipinski definition) is 1. The largest absolute Gasteiger partial charge is 0.507 e. The Kier molecular flexibility index (Phi) is 7.11. The summed E-state index contributed by atoms with van der Waals surface area (Å²) >= 11 is 0. The van der Waals surface area contributed by atoms with Crippen molar-refractivity contribution < 1.29 is 27.5 Å². The SMILES string of the molecule is Cc1ccc([C@@H]2/C(=C(\O)c3ccc(S(=O)(=O)N(C)C)cc3)C(=O)C(=O)N2CCCN(C)C)o1. The molecule has 0 bridgehead atoms. The highest BCUT2D eigenvalue weighted by atomic mass is 32.2. The summed E-state index contributed by atoms with van der Waals surface area (Å²) in [6, 6.07) is 8.07. The average molecular weight is 476 g/mol. The molecule has 0 aliphatic carbocycles. The van der Waals surface area contributed by atoms with E-state index in [9.17, 15) is 23.1 Å². The van der Waals surface area contributed by atoms with Crippen LogP contribution in [0, 0.1) is 6.92 Å². The lowest BCUT2D eigenvalue weighted by atomic mass is 9.99. The molecule has 0 unspecified atom stereocenters. The quantitative estimate of drug-likeness (QED) is 0.354. The molecule has 2 heterocycles. The fourth-order valence-electron chi connectivity index (χ4n) is 3.72. The Bertz CT molecular complexity index is 1180. The second-order valence-corrected chi connectivity index (χ2v) is 10.6. The van der Waals surface area contributed by atoms with Gasteiger partial charge < -0.3 is 19.3 Å². The number of aliphatic hydroxyl groups excluding tert-OH is 1. The van der Waals surface area contributed by atoms with Gasteiger partial charge in [0.25, 0.3) is 11.7 Å². The summed E-state index contributed by atoms with van der Waals surface area (Å²) in [6.07, 6.45) is 0.632. The zero-order chi connectivity index (χ0) is 24.5. The van der Waals surface area contributed by atoms with E-state index >= 15 is 0 Å². The minimum Gasteiger partial charge on any atom is -0.507 e. The van der Waals surface area contributed by atoms with E-state index in [4.69, 9.17) is 4.42 Å². The molecule has 1 aliphatic heterocycles. The highest BCUT2D eigenvalue weighted by molar-refractivity contribution is 7.89. The van der Waals surface area contributed by atoms with Crippen molar-refractivity contribution in [3.05, 3.63) is 59.1 Å². The number of sulfonamides is 1. The van der Waals surface area contributed by atoms with Gasteiger partial charge in [0.15, 0.2) is 0 Å². The van der Waals surface area contributed by atoms with Crippen molar-refractivity contribution in [3.63, 3.8) is 0 Å². The Labute approximate surface area is 193 Å². The first-order valence-electron chi connectivity index (χ1n) is 10.5. The number of Topliss-reactive ketones (excluding diaryl/α,β-unsaturated/α-hetero) is 1. The van der Waals surface area contributed by atoms with Gasteiger partial charge in [-0.15, -0.1) is 0 Å². The van der Waals surface area contributed by atoms with Gasteiger partial charge in [0, 0.05) is 26.2 Å². The van der Waals surface area contributed by atoms with E-state index in [1.807, 2.05) is 19.0 Å². The summed E-state index contributed by atoms with van der Waals surface area (Å²) in [6.45, 7) is 2.78. The number of carbonyl (C=O) groups excluding carboxylic acids is 2. The number of ketones is 1. The number of amides is 1. The maximum Gasteiger partial charge on any atom is 0.295 e. The molecule has 1 atom stereocenters. The number of carbonyl (C=O) groups is 2. The van der Waals surface area contributed by atoms with Gasteiger partial charge in [-0.05, 0) is 70.4 Å². The lowest BCUT2D eigenvalue weighted by molar-refractivity contribution is -0.140. The lowest BCUT2D eigenvalue weighted by Gasteiger charge is -2.24. The van der Waals surface area contributed by atoms with Crippen molar-refractivity contribution in [3.8, 4) is 0 Å². The number of furan rings is 1. The van der Waals surface area contributed by atoms with E-state index in [1.165, 1.54) is 43.3 Å². The molecule has 0 saturated carbocycles. The van der Waals surface area contributed by atoms with Crippen molar-refractivity contribution in [1.82, 2.24) is 14.1 Å². The summed E-state index contributed by atoms with van der Waals surface area (Å²) in [7, 11) is 3.03. The van der Waals surface area contributed by atoms with Gasteiger partial charge in [0.2, 0.25) is 10.0 Å². The second kappa shape index (κ2) is 9.50. The van der Waals surface area contributed by atoms with E-state index in [0.717, 1.165) is 4.31 Å². The summed E-state index contributed by atoms with van der Waals surface area (Å²) in [4.78, 5) is 29.3. The summed E-state index contributed by atoms with van der Waals surface area (Å²) in [5, 5.41) is 11.1. The van der Waals surface area contributed by atoms with Crippen LogP contribution >= 0.6 is 0 Å². The van der Waals surface area contributed by atoms with Crippen LogP contribution in [0.2, 0.25) is 0 Å². The normalized spacial score (nSPS) is 18.6. The van der Waals surface area contributed by atoms with Crippen LogP contribution in [0.3, 0.4) is 0 Å². The Morgan fingerprint density at radius 1 is 1.06 bits per heavy atom. The van der Waals surface area contributed by atoms with Crippen molar-refractivity contribution >= 4 is 27.5 Å². The summed E-state index contributed by atoms with van der Waals surface area (Å²) < 4.78 is 31.5. The minimum absolute atomic E-state index is 0.0476. The van der Waals surface area contributed by atoms with Gasteiger partial charge in [-0.25, -0.2) is 12.7 Å². The van der Waals surface area contributed by atoms with Crippen molar-refractivity contribution in [1.29, 1.82) is 0 Å². The van der Waals surface area contributed by atoms with E-state index < -0.39 is 27.8 Å². The van der Waals surface area contributed by atoms with Crippen molar-refractivity contribution in [2.24, 2.45) is 0 Å². The van der Waals surface area contributed by atoms with Crippen molar-refractivity contribution in [2.75, 3.05) is 41.3 Å². The maximum absolute atomic E-state index is 13.0. The van der Waals surface area contributed by atoms with Crippen LogP contribution in [0.25, 0.3) is 5.76 Å². The molecule has 1 aromatic carbocycles. The first kappa shape index (κ1) is 24.7. The molecule has 10 heteroatoms. The van der Waals surface area contributed by atoms with Crippen molar-refractivity contribution in [2.45, 2.75) is 24.3 Å². The lowest BCUT2D eigenvalue weighted by Crippen LogP contribution is -2.32. The number of aryl methyl sites for hydroxylation is 1. The van der Waals surface area contributed by atoms with Gasteiger partial charge in [-0.1, -0.05) is 0 Å². The van der Waals surface area contributed by atoms with E-state index in [-0.39, 0.29) is 21.8 Å². The number of nitrogens with zero attached hydrogens (tertiary/aromatic N) is 3. The Morgan fingerprint density at radius 3 is 2.21 bits per heavy atom. The number of rotatable bonds is 8. The molecule has 9 nitrogen and oxygen atoms in total. The molecule has 1 aliphatic rings. The van der Waals surface area contributed by atoms with Crippen LogP contribution < -0.4 is 0 Å². The molecule has 1 aromatic heterocycles. The van der Waals surface area contributed by atoms with Gasteiger partial charge in [-0.3, -0.25) is 9.59 Å². The molecule has 1 saturated heterocycles. The van der Waals surface area contributed by atoms with Crippen LogP contribution in [0.5, 0.6) is 0 Å². The molecule has 1 fully saturated rings. The zero-order valence-electron chi connectivity index (χ0n) is 19.4. The smallest absolute Gasteiger partial charge is 0.295 e. The first-order chi connectivity index (χ1) is 15.4. The molecule has 0 radical (unpaired) electrons. The van der Waals surface area contributed by atoms with Crippen LogP contribution in [-0.4, -0.2) is 80.6 Å². The predicted octanol–water partition coefficient (Wildman–Crippen LogP) is 2.21. The third kappa shape index (κ3) is 4.87. The minimum atomic E-state index is -3.65. The average Bonchev–Trinajstić information content (AvgIpc) is 3.29. The monoisotopic (exact) mass is 475 g/mol. The molecule has 2 aromatic rings. The number of benzene rings is 1. The molecule has 33 heavy (non-hydrogen) atoms. The second-order valence-electron chi connectivity index (χ2n) is 8.41. The fraction of sp³-hybridized carbons (Fsp3) is 0.391. The van der Waals surface area contributed by atoms with E-state index in [2.05, 4.69) is 0 Å². The van der Waals surface area contributed by atoms with Crippen LogP contribution in [0.15, 0.2) is 51.3 Å². The van der Waals surface area contributed by atoms with E-state index in [0.29, 0.717) is 31.0 Å². The van der Waals surface area contributed by atoms with Gasteiger partial charge in [0.1, 0.15) is 23.3 Å². The highest BCUT2D eigenvalue weighted by Crippen LogP contribution is 2.40. The molecular weight excluding hydrogens is 446 g/mol. The third-order valence-corrected chi connectivity index (χ3v) is 7.31. The molecule has 3 rings (SSSR count). The highest BCUT2D eigenvalue weighted by Gasteiger charge is 2.47. The molecule has 1 N–H and O–H groups in total. The molecule has 1 amide bonds. The van der Waals surface area contributed by atoms with Crippen LogP contribution in [0.4, 0.5) is 0 Å². The Hall–Kier alpha value is -2.95. The summed E-state index contributed by atoms with van der Waals surface area (Å²) in [5.41, 5.74) is 0.148. The topological polar surface area (TPSA) is 111 Å². The van der Waals surface area contributed by atoms with Gasteiger partial charge >= 0.3 is 0 Å². The Balaban J connectivity index is 2.05. The van der Waals surface area contributed by atoms with Gasteiger partial charge in [0.05, 0.1) is 10.5 Å². The standard InChI is InChI=1S/C23H29N3O6S/c1-15-7-12-18(32-15)20-19(22(28)23(29)26(20)14-6-13-24(2)3)21(27)16-8-10-17(11-9-16)33(30,31)25(4)5/h7-12,20,27H,6,13-14H2,1-5H3/b21-19+/t20-/m1/s1. The number of hydrogen-bond acceptors (Lipinski definition) is 7. The molecule has 178 valence electrons. The number of aliphatic hydroxyl groups is 1. The maximum atomic E-state index is 13.0. The zero-order valence-corrected chi connectivity index (χ0v) is 20.2. The first-order valence-corrected chi connectivity index (χ1v) is 11.9. The van der Waals surface area contributed by atoms with Crippen LogP contribution in [-0.2, 0) is 19.6 Å². The Morgan fingerprint density at radius 2 is 1.70 bits per heavy atom.